The number of aromatic amines is 1. The van der Waals surface area contributed by atoms with Crippen LogP contribution in [0.4, 0.5) is 15.4 Å². The molecule has 34 heavy (non-hydrogen) atoms. The summed E-state index contributed by atoms with van der Waals surface area (Å²) in [5.41, 5.74) is 1.98. The van der Waals surface area contributed by atoms with Crippen molar-refractivity contribution in [3.8, 4) is 0 Å². The molecular formula is C24H30N6O4. The molecule has 10 heteroatoms. The van der Waals surface area contributed by atoms with Crippen LogP contribution in [0.3, 0.4) is 0 Å². The van der Waals surface area contributed by atoms with Crippen LogP contribution in [0.1, 0.15) is 42.9 Å². The molecule has 1 aromatic heterocycles. The molecule has 2 aliphatic heterocycles. The predicted octanol–water partition coefficient (Wildman–Crippen LogP) is 2.76. The number of nitrogens with one attached hydrogen (secondary N) is 2. The first-order valence-corrected chi connectivity index (χ1v) is 11.8. The van der Waals surface area contributed by atoms with E-state index in [9.17, 15) is 14.4 Å². The Bertz CT molecular complexity index is 1040. The van der Waals surface area contributed by atoms with E-state index in [0.717, 1.165) is 24.1 Å². The summed E-state index contributed by atoms with van der Waals surface area (Å²) in [7, 11) is 1.71. The zero-order chi connectivity index (χ0) is 23.7. The van der Waals surface area contributed by atoms with Crippen molar-refractivity contribution in [1.29, 1.82) is 0 Å². The number of carbonyl (C=O) groups excluding carboxylic acids is 3. The molecular weight excluding hydrogens is 436 g/mol. The third-order valence-corrected chi connectivity index (χ3v) is 6.82. The van der Waals surface area contributed by atoms with Crippen molar-refractivity contribution in [2.45, 2.75) is 50.3 Å². The number of carbonyl (C=O) groups is 3. The molecule has 3 heterocycles. The van der Waals surface area contributed by atoms with E-state index in [2.05, 4.69) is 15.5 Å². The van der Waals surface area contributed by atoms with Crippen LogP contribution in [0.15, 0.2) is 36.4 Å². The second kappa shape index (κ2) is 9.36. The minimum absolute atomic E-state index is 0.118. The van der Waals surface area contributed by atoms with Gasteiger partial charge in [0.1, 0.15) is 12.6 Å². The molecule has 1 saturated carbocycles. The molecule has 180 valence electrons. The number of H-pyrrole nitrogens is 1. The Labute approximate surface area is 198 Å². The summed E-state index contributed by atoms with van der Waals surface area (Å²) in [4.78, 5) is 43.4. The first-order chi connectivity index (χ1) is 16.5. The van der Waals surface area contributed by atoms with Crippen LogP contribution < -0.4 is 5.32 Å². The zero-order valence-corrected chi connectivity index (χ0v) is 19.3. The molecule has 2 saturated heterocycles. The first-order valence-electron chi connectivity index (χ1n) is 11.8. The van der Waals surface area contributed by atoms with Gasteiger partial charge in [-0.15, -0.1) is 0 Å². The third kappa shape index (κ3) is 4.71. The number of piperidine rings is 1. The lowest BCUT2D eigenvalue weighted by Crippen LogP contribution is -2.53. The van der Waals surface area contributed by atoms with E-state index in [1.807, 2.05) is 36.4 Å². The van der Waals surface area contributed by atoms with Crippen LogP contribution in [-0.4, -0.2) is 81.7 Å². The van der Waals surface area contributed by atoms with Gasteiger partial charge in [0.25, 0.3) is 0 Å². The number of urea groups is 1. The van der Waals surface area contributed by atoms with Gasteiger partial charge in [0.15, 0.2) is 5.82 Å². The summed E-state index contributed by atoms with van der Waals surface area (Å²) in [5.74, 6) is 0.763. The van der Waals surface area contributed by atoms with Crippen LogP contribution >= 0.6 is 0 Å². The number of likely N-dealkylation sites (N-methyl/N-ethyl adjacent to an activating group) is 1. The Hall–Kier alpha value is -3.56. The fourth-order valence-corrected chi connectivity index (χ4v) is 4.73. The Balaban J connectivity index is 1.17. The molecule has 1 aromatic carbocycles. The number of hydrogen-bond donors (Lipinski definition) is 2. The van der Waals surface area contributed by atoms with E-state index >= 15 is 0 Å². The van der Waals surface area contributed by atoms with Crippen molar-refractivity contribution >= 4 is 23.8 Å². The number of aromatic nitrogens is 2. The lowest BCUT2D eigenvalue weighted by atomic mass is 10.0. The highest BCUT2D eigenvalue weighted by Gasteiger charge is 2.44. The van der Waals surface area contributed by atoms with E-state index in [0.29, 0.717) is 44.2 Å². The van der Waals surface area contributed by atoms with E-state index in [1.54, 1.807) is 21.7 Å². The fraction of sp³-hybridized carbons (Fsp3) is 0.500. The Kier molecular flexibility index (Phi) is 6.12. The molecule has 3 fully saturated rings. The molecule has 0 radical (unpaired) electrons. The lowest BCUT2D eigenvalue weighted by Gasteiger charge is -2.37. The van der Waals surface area contributed by atoms with Crippen molar-refractivity contribution < 1.29 is 19.1 Å². The average Bonchev–Trinajstić information content (AvgIpc) is 3.53. The van der Waals surface area contributed by atoms with Gasteiger partial charge < -0.3 is 24.8 Å². The second-order valence-corrected chi connectivity index (χ2v) is 9.32. The molecule has 2 aromatic rings. The smallest absolute Gasteiger partial charge is 0.410 e. The average molecular weight is 467 g/mol. The largest absolute Gasteiger partial charge is 0.445 e. The molecule has 10 nitrogen and oxygen atoms in total. The van der Waals surface area contributed by atoms with E-state index in [1.165, 1.54) is 0 Å². The maximum atomic E-state index is 13.1. The van der Waals surface area contributed by atoms with Crippen LogP contribution in [-0.2, 0) is 16.1 Å². The molecule has 5 rings (SSSR count). The molecule has 1 atom stereocenters. The van der Waals surface area contributed by atoms with Gasteiger partial charge in [-0.3, -0.25) is 9.89 Å². The molecule has 0 spiro atoms. The zero-order valence-electron chi connectivity index (χ0n) is 19.3. The maximum absolute atomic E-state index is 13.1. The van der Waals surface area contributed by atoms with Gasteiger partial charge >= 0.3 is 12.1 Å². The van der Waals surface area contributed by atoms with Crippen LogP contribution in [0, 0.1) is 0 Å². The number of amides is 4. The van der Waals surface area contributed by atoms with Gasteiger partial charge in [-0.1, -0.05) is 30.3 Å². The molecule has 3 aliphatic rings. The minimum atomic E-state index is -0.597. The quantitative estimate of drug-likeness (QED) is 0.680. The molecule has 0 bridgehead atoms. The van der Waals surface area contributed by atoms with Gasteiger partial charge in [0, 0.05) is 43.9 Å². The highest BCUT2D eigenvalue weighted by molar-refractivity contribution is 5.98. The van der Waals surface area contributed by atoms with Crippen molar-refractivity contribution in [1.82, 2.24) is 24.9 Å². The minimum Gasteiger partial charge on any atom is -0.445 e. The van der Waals surface area contributed by atoms with Crippen LogP contribution in [0.5, 0.6) is 0 Å². The number of hydrogen-bond acceptors (Lipinski definition) is 5. The number of anilines is 1. The SMILES string of the molecule is CN1CC(C(=O)Nc2cc(C3CC3)[nH]n2)N(C2CCN(C(=O)OCc3ccccc3)CC2)C1=O. The Morgan fingerprint density at radius 3 is 2.59 bits per heavy atom. The van der Waals surface area contributed by atoms with Crippen molar-refractivity contribution in [2.24, 2.45) is 0 Å². The summed E-state index contributed by atoms with van der Waals surface area (Å²) in [5, 5.41) is 10.1. The number of benzene rings is 1. The second-order valence-electron chi connectivity index (χ2n) is 9.32. The van der Waals surface area contributed by atoms with Crippen LogP contribution in [0.25, 0.3) is 0 Å². The monoisotopic (exact) mass is 466 g/mol. The van der Waals surface area contributed by atoms with Crippen LogP contribution in [0.2, 0.25) is 0 Å². The highest BCUT2D eigenvalue weighted by atomic mass is 16.6. The first kappa shape index (κ1) is 22.2. The number of ether oxygens (including phenoxy) is 1. The molecule has 4 amide bonds. The Morgan fingerprint density at radius 1 is 1.15 bits per heavy atom. The molecule has 2 N–H and O–H groups in total. The summed E-state index contributed by atoms with van der Waals surface area (Å²) in [6.45, 7) is 1.51. The molecule has 1 unspecified atom stereocenters. The number of rotatable bonds is 6. The van der Waals surface area contributed by atoms with E-state index in [4.69, 9.17) is 4.74 Å². The normalized spacial score (nSPS) is 21.1. The maximum Gasteiger partial charge on any atom is 0.410 e. The summed E-state index contributed by atoms with van der Waals surface area (Å²) in [6.07, 6.45) is 3.12. The van der Waals surface area contributed by atoms with Gasteiger partial charge in [0.2, 0.25) is 5.91 Å². The third-order valence-electron chi connectivity index (χ3n) is 6.82. The summed E-state index contributed by atoms with van der Waals surface area (Å²) in [6, 6.07) is 10.6. The lowest BCUT2D eigenvalue weighted by molar-refractivity contribution is -0.120. The van der Waals surface area contributed by atoms with Crippen molar-refractivity contribution in [3.05, 3.63) is 47.7 Å². The fourth-order valence-electron chi connectivity index (χ4n) is 4.73. The number of nitrogens with zero attached hydrogens (tertiary/aromatic N) is 4. The van der Waals surface area contributed by atoms with Gasteiger partial charge in [-0.2, -0.15) is 5.10 Å². The van der Waals surface area contributed by atoms with Gasteiger partial charge in [-0.25, -0.2) is 9.59 Å². The van der Waals surface area contributed by atoms with E-state index in [-0.39, 0.29) is 30.7 Å². The van der Waals surface area contributed by atoms with Gasteiger partial charge in [0.05, 0.1) is 6.54 Å². The highest BCUT2D eigenvalue weighted by Crippen LogP contribution is 2.39. The van der Waals surface area contributed by atoms with Crippen molar-refractivity contribution in [3.63, 3.8) is 0 Å². The summed E-state index contributed by atoms with van der Waals surface area (Å²) < 4.78 is 5.44. The van der Waals surface area contributed by atoms with Crippen molar-refractivity contribution in [2.75, 3.05) is 32.0 Å². The van der Waals surface area contributed by atoms with E-state index < -0.39 is 6.04 Å². The number of likely N-dealkylation sites (tertiary alicyclic amines) is 1. The predicted molar refractivity (Wildman–Crippen MR) is 124 cm³/mol. The Morgan fingerprint density at radius 2 is 1.88 bits per heavy atom. The van der Waals surface area contributed by atoms with Gasteiger partial charge in [-0.05, 0) is 31.2 Å². The topological polar surface area (TPSA) is 111 Å². The summed E-state index contributed by atoms with van der Waals surface area (Å²) >= 11 is 0. The molecule has 1 aliphatic carbocycles. The standard InChI is InChI=1S/C24H30N6O4/c1-28-14-20(22(31)25-21-13-19(26-27-21)17-7-8-17)30(23(28)32)18-9-11-29(12-10-18)24(33)34-15-16-5-3-2-4-6-16/h2-6,13,17-18,20H,7-12,14-15H2,1H3,(H2,25,26,27,31).